The Balaban J connectivity index is 1.64. The summed E-state index contributed by atoms with van der Waals surface area (Å²) in [7, 11) is 0. The third-order valence-corrected chi connectivity index (χ3v) is 6.89. The van der Waals surface area contributed by atoms with Crippen molar-refractivity contribution in [2.45, 2.75) is 56.4 Å². The van der Waals surface area contributed by atoms with Crippen LogP contribution in [0.5, 0.6) is 0 Å². The molecule has 30 heavy (non-hydrogen) atoms. The number of nitrogens with zero attached hydrogens (tertiary/aromatic N) is 5. The molecule has 0 bridgehead atoms. The van der Waals surface area contributed by atoms with Gasteiger partial charge in [-0.3, -0.25) is 9.59 Å². The Hall–Kier alpha value is -2.28. The summed E-state index contributed by atoms with van der Waals surface area (Å²) < 4.78 is 6.80. The Morgan fingerprint density at radius 2 is 2.20 bits per heavy atom. The van der Waals surface area contributed by atoms with Gasteiger partial charge in [-0.05, 0) is 43.5 Å². The highest BCUT2D eigenvalue weighted by Gasteiger charge is 2.57. The lowest BCUT2D eigenvalue weighted by Crippen LogP contribution is -2.73. The highest BCUT2D eigenvalue weighted by Crippen LogP contribution is 2.43. The SMILES string of the molecule is CCn1nnnc1SC=CC1(C(=O)O)CS[C@@H]2C(NC(=O)OC(C)(C)C)C(=O)N2C1. The number of nitrogens with one attached hydrogen (secondary N) is 1. The first-order valence-electron chi connectivity index (χ1n) is 9.32. The predicted molar refractivity (Wildman–Crippen MR) is 110 cm³/mol. The Morgan fingerprint density at radius 3 is 2.83 bits per heavy atom. The number of hydrogen-bond donors (Lipinski definition) is 2. The molecule has 0 spiro atoms. The number of fused-ring (bicyclic) bond motifs is 1. The molecule has 2 N–H and O–H groups in total. The molecule has 13 heteroatoms. The molecule has 3 heterocycles. The van der Waals surface area contributed by atoms with Crippen LogP contribution in [0.3, 0.4) is 0 Å². The molecule has 0 aliphatic carbocycles. The molecule has 2 saturated heterocycles. The lowest BCUT2D eigenvalue weighted by atomic mass is 9.87. The number of amides is 2. The number of hydrogen-bond acceptors (Lipinski definition) is 9. The normalized spacial score (nSPS) is 26.3. The summed E-state index contributed by atoms with van der Waals surface area (Å²) >= 11 is 2.54. The molecular formula is C17H24N6O5S2. The molecule has 2 aliphatic heterocycles. The highest BCUT2D eigenvalue weighted by molar-refractivity contribution is 8.02. The third-order valence-electron chi connectivity index (χ3n) is 4.56. The maximum atomic E-state index is 12.5. The second-order valence-electron chi connectivity index (χ2n) is 7.95. The van der Waals surface area contributed by atoms with Gasteiger partial charge >= 0.3 is 12.1 Å². The Kier molecular flexibility index (Phi) is 6.32. The molecule has 2 aliphatic rings. The van der Waals surface area contributed by atoms with Gasteiger partial charge in [-0.2, -0.15) is 0 Å². The van der Waals surface area contributed by atoms with E-state index >= 15 is 0 Å². The van der Waals surface area contributed by atoms with Crippen LogP contribution in [0.25, 0.3) is 0 Å². The van der Waals surface area contributed by atoms with Gasteiger partial charge in [0.15, 0.2) is 0 Å². The van der Waals surface area contributed by atoms with Gasteiger partial charge < -0.3 is 20.1 Å². The molecule has 1 aromatic rings. The van der Waals surface area contributed by atoms with E-state index in [0.29, 0.717) is 11.7 Å². The molecule has 3 rings (SSSR count). The summed E-state index contributed by atoms with van der Waals surface area (Å²) in [6.07, 6.45) is 0.918. The summed E-state index contributed by atoms with van der Waals surface area (Å²) in [4.78, 5) is 38.1. The van der Waals surface area contributed by atoms with E-state index in [9.17, 15) is 19.5 Å². The fourth-order valence-corrected chi connectivity index (χ4v) is 5.37. The number of thioether (sulfide) groups is 2. The van der Waals surface area contributed by atoms with Crippen molar-refractivity contribution in [3.63, 3.8) is 0 Å². The van der Waals surface area contributed by atoms with Crippen molar-refractivity contribution in [1.29, 1.82) is 0 Å². The van der Waals surface area contributed by atoms with Crippen LogP contribution in [-0.2, 0) is 20.9 Å². The fourth-order valence-electron chi connectivity index (χ4n) is 3.04. The predicted octanol–water partition coefficient (Wildman–Crippen LogP) is 1.18. The van der Waals surface area contributed by atoms with E-state index in [1.165, 1.54) is 28.4 Å². The number of carboxylic acid groups (broad SMARTS) is 1. The monoisotopic (exact) mass is 456 g/mol. The van der Waals surface area contributed by atoms with Gasteiger partial charge in [-0.1, -0.05) is 17.8 Å². The lowest BCUT2D eigenvalue weighted by molar-refractivity contribution is -0.154. The van der Waals surface area contributed by atoms with Crippen LogP contribution in [0.4, 0.5) is 4.79 Å². The standard InChI is InChI=1S/C17H24N6O5S2/c1-5-23-14(19-20-21-23)29-7-6-17(13(25)26)8-22-11(24)10(12(22)30-9-17)18-15(27)28-16(2,3)4/h6-7,10,12H,5,8-9H2,1-4H3,(H,18,27)(H,25,26)/t10?,12-,17?/m1/s1. The van der Waals surface area contributed by atoms with Crippen LogP contribution in [0, 0.1) is 5.41 Å². The quantitative estimate of drug-likeness (QED) is 0.474. The van der Waals surface area contributed by atoms with E-state index < -0.39 is 29.1 Å². The van der Waals surface area contributed by atoms with E-state index in [1.54, 1.807) is 36.9 Å². The summed E-state index contributed by atoms with van der Waals surface area (Å²) in [5.41, 5.74) is -1.90. The minimum Gasteiger partial charge on any atom is -0.481 e. The smallest absolute Gasteiger partial charge is 0.408 e. The number of aryl methyl sites for hydroxylation is 1. The molecule has 3 atom stereocenters. The number of aliphatic carboxylic acids is 1. The van der Waals surface area contributed by atoms with Crippen molar-refractivity contribution >= 4 is 41.5 Å². The van der Waals surface area contributed by atoms with Crippen LogP contribution in [0.2, 0.25) is 0 Å². The van der Waals surface area contributed by atoms with E-state index in [2.05, 4.69) is 20.8 Å². The maximum absolute atomic E-state index is 12.5. The van der Waals surface area contributed by atoms with Gasteiger partial charge in [0.1, 0.15) is 22.4 Å². The minimum atomic E-state index is -1.23. The summed E-state index contributed by atoms with van der Waals surface area (Å²) in [6, 6.07) is -0.718. The fraction of sp³-hybridized carbons (Fsp3) is 0.647. The number of carbonyl (C=O) groups excluding carboxylic acids is 2. The van der Waals surface area contributed by atoms with E-state index in [4.69, 9.17) is 4.74 Å². The molecule has 164 valence electrons. The van der Waals surface area contributed by atoms with E-state index in [1.807, 2.05) is 6.92 Å². The minimum absolute atomic E-state index is 0.0289. The second-order valence-corrected chi connectivity index (χ2v) is 9.93. The number of carbonyl (C=O) groups is 3. The van der Waals surface area contributed by atoms with Gasteiger partial charge in [0.05, 0.1) is 0 Å². The molecular weight excluding hydrogens is 432 g/mol. The zero-order valence-corrected chi connectivity index (χ0v) is 18.7. The summed E-state index contributed by atoms with van der Waals surface area (Å²) in [5, 5.41) is 25.6. The van der Waals surface area contributed by atoms with Gasteiger partial charge in [0.25, 0.3) is 0 Å². The van der Waals surface area contributed by atoms with Crippen molar-refractivity contribution in [2.75, 3.05) is 12.3 Å². The van der Waals surface area contributed by atoms with Gasteiger partial charge in [-0.25, -0.2) is 9.48 Å². The molecule has 0 aromatic carbocycles. The van der Waals surface area contributed by atoms with E-state index in [0.717, 1.165) is 0 Å². The van der Waals surface area contributed by atoms with Crippen LogP contribution < -0.4 is 5.32 Å². The molecule has 2 fully saturated rings. The topological polar surface area (TPSA) is 140 Å². The highest BCUT2D eigenvalue weighted by atomic mass is 32.2. The number of rotatable bonds is 6. The van der Waals surface area contributed by atoms with Crippen molar-refractivity contribution < 1.29 is 24.2 Å². The first kappa shape index (κ1) is 22.4. The average Bonchev–Trinajstić information content (AvgIpc) is 3.12. The zero-order chi connectivity index (χ0) is 22.1. The largest absolute Gasteiger partial charge is 0.481 e. The molecule has 0 saturated carbocycles. The van der Waals surface area contributed by atoms with Crippen molar-refractivity contribution in [1.82, 2.24) is 30.4 Å². The molecule has 0 radical (unpaired) electrons. The molecule has 1 aromatic heterocycles. The first-order chi connectivity index (χ1) is 14.1. The van der Waals surface area contributed by atoms with Gasteiger partial charge in [0.2, 0.25) is 11.1 Å². The van der Waals surface area contributed by atoms with Crippen molar-refractivity contribution in [3.05, 3.63) is 11.5 Å². The van der Waals surface area contributed by atoms with Crippen molar-refractivity contribution in [3.8, 4) is 0 Å². The number of aromatic nitrogens is 4. The molecule has 11 nitrogen and oxygen atoms in total. The van der Waals surface area contributed by atoms with Crippen LogP contribution in [0.15, 0.2) is 16.6 Å². The Morgan fingerprint density at radius 1 is 1.47 bits per heavy atom. The third kappa shape index (κ3) is 4.56. The van der Waals surface area contributed by atoms with Gasteiger partial charge in [-0.15, -0.1) is 16.9 Å². The number of tetrazole rings is 1. The van der Waals surface area contributed by atoms with Crippen LogP contribution >= 0.6 is 23.5 Å². The number of carboxylic acids is 1. The average molecular weight is 457 g/mol. The number of alkyl carbamates (subject to hydrolysis) is 1. The first-order valence-corrected chi connectivity index (χ1v) is 11.2. The van der Waals surface area contributed by atoms with Gasteiger partial charge in [0, 0.05) is 18.8 Å². The molecule has 2 unspecified atom stereocenters. The van der Waals surface area contributed by atoms with Crippen LogP contribution in [0.1, 0.15) is 27.7 Å². The summed E-state index contributed by atoms with van der Waals surface area (Å²) in [5.74, 6) is -1.07. The molecule has 2 amide bonds. The Bertz CT molecular complexity index is 869. The van der Waals surface area contributed by atoms with Crippen LogP contribution in [-0.4, -0.2) is 77.5 Å². The summed E-state index contributed by atoms with van der Waals surface area (Å²) in [6.45, 7) is 7.74. The number of ether oxygens (including phenoxy) is 1. The lowest BCUT2D eigenvalue weighted by Gasteiger charge is -2.53. The number of β-lactam (4-membered cyclic amide) rings is 1. The van der Waals surface area contributed by atoms with E-state index in [-0.39, 0.29) is 23.6 Å². The van der Waals surface area contributed by atoms with Crippen molar-refractivity contribution in [2.24, 2.45) is 5.41 Å². The second kappa shape index (κ2) is 8.46. The Labute approximate surface area is 182 Å². The zero-order valence-electron chi connectivity index (χ0n) is 17.1. The maximum Gasteiger partial charge on any atom is 0.408 e.